The Kier molecular flexibility index (Phi) is 6.87. The number of thiocarbonyl (C=S) groups is 1. The summed E-state index contributed by atoms with van der Waals surface area (Å²) in [5.41, 5.74) is 1.69. The second kappa shape index (κ2) is 8.97. The molecule has 0 bridgehead atoms. The first kappa shape index (κ1) is 20.7. The van der Waals surface area contributed by atoms with Gasteiger partial charge in [-0.3, -0.25) is 9.69 Å². The summed E-state index contributed by atoms with van der Waals surface area (Å²) in [5, 5.41) is 0.986. The number of halogens is 3. The second-order valence-electron chi connectivity index (χ2n) is 5.65. The third kappa shape index (κ3) is 4.87. The average molecular weight is 503 g/mol. The average Bonchev–Trinajstić information content (AvgIpc) is 2.90. The molecule has 1 aliphatic rings. The van der Waals surface area contributed by atoms with Crippen molar-refractivity contribution in [1.82, 2.24) is 4.90 Å². The number of hydrogen-bond acceptors (Lipinski definition) is 4. The van der Waals surface area contributed by atoms with Gasteiger partial charge in [0.1, 0.15) is 16.7 Å². The Bertz CT molecular complexity index is 949. The van der Waals surface area contributed by atoms with Gasteiger partial charge in [-0.1, -0.05) is 69.2 Å². The number of benzene rings is 2. The van der Waals surface area contributed by atoms with E-state index in [0.29, 0.717) is 38.2 Å². The van der Waals surface area contributed by atoms with E-state index < -0.39 is 0 Å². The largest absolute Gasteiger partial charge is 0.488 e. The zero-order valence-corrected chi connectivity index (χ0v) is 18.9. The van der Waals surface area contributed by atoms with Gasteiger partial charge in [0, 0.05) is 16.6 Å². The standard InChI is InChI=1S/C19H14BrCl2NO2S2/c1-2-23-18(24)17(27-19(23)26)9-12-8-13(20)4-6-16(12)25-10-11-3-5-14(21)15(22)7-11/h3-9H,2,10H2,1H3/b17-9-. The number of likely N-dealkylation sites (N-methyl/N-ethyl adjacent to an activating group) is 1. The molecule has 8 heteroatoms. The Balaban J connectivity index is 1.85. The normalized spacial score (nSPS) is 15.7. The third-order valence-corrected chi connectivity index (χ3v) is 6.44. The highest BCUT2D eigenvalue weighted by Gasteiger charge is 2.30. The smallest absolute Gasteiger partial charge is 0.266 e. The molecule has 27 heavy (non-hydrogen) atoms. The molecule has 2 aromatic rings. The van der Waals surface area contributed by atoms with Crippen molar-refractivity contribution in [2.24, 2.45) is 0 Å². The summed E-state index contributed by atoms with van der Waals surface area (Å²) in [4.78, 5) is 14.6. The molecule has 0 N–H and O–H groups in total. The highest BCUT2D eigenvalue weighted by molar-refractivity contribution is 9.10. The van der Waals surface area contributed by atoms with Gasteiger partial charge in [-0.25, -0.2) is 0 Å². The second-order valence-corrected chi connectivity index (χ2v) is 9.05. The van der Waals surface area contributed by atoms with Crippen LogP contribution >= 0.6 is 63.1 Å². The van der Waals surface area contributed by atoms with Gasteiger partial charge in [0.2, 0.25) is 0 Å². The molecular weight excluding hydrogens is 489 g/mol. The molecule has 0 aromatic heterocycles. The van der Waals surface area contributed by atoms with E-state index in [9.17, 15) is 4.79 Å². The summed E-state index contributed by atoms with van der Waals surface area (Å²) in [6, 6.07) is 11.0. The molecular formula is C19H14BrCl2NO2S2. The lowest BCUT2D eigenvalue weighted by Gasteiger charge is -2.11. The molecule has 0 aliphatic carbocycles. The fourth-order valence-corrected chi connectivity index (χ4v) is 4.54. The lowest BCUT2D eigenvalue weighted by molar-refractivity contribution is -0.121. The van der Waals surface area contributed by atoms with Crippen molar-refractivity contribution in [3.63, 3.8) is 0 Å². The molecule has 1 heterocycles. The molecule has 0 unspecified atom stereocenters. The van der Waals surface area contributed by atoms with Gasteiger partial charge >= 0.3 is 0 Å². The minimum atomic E-state index is -0.0806. The summed E-state index contributed by atoms with van der Waals surface area (Å²) in [5.74, 6) is 0.578. The van der Waals surface area contributed by atoms with Crippen LogP contribution in [0.4, 0.5) is 0 Å². The summed E-state index contributed by atoms with van der Waals surface area (Å²) in [7, 11) is 0. The van der Waals surface area contributed by atoms with E-state index in [1.807, 2.05) is 37.3 Å². The van der Waals surface area contributed by atoms with Crippen molar-refractivity contribution in [2.45, 2.75) is 13.5 Å². The zero-order valence-electron chi connectivity index (χ0n) is 14.2. The number of ether oxygens (including phenoxy) is 1. The van der Waals surface area contributed by atoms with Gasteiger partial charge in [0.25, 0.3) is 5.91 Å². The molecule has 140 valence electrons. The van der Waals surface area contributed by atoms with E-state index in [1.54, 1.807) is 17.0 Å². The lowest BCUT2D eigenvalue weighted by atomic mass is 10.1. The minimum Gasteiger partial charge on any atom is -0.488 e. The molecule has 0 saturated carbocycles. The van der Waals surface area contributed by atoms with Crippen molar-refractivity contribution in [1.29, 1.82) is 0 Å². The first-order valence-corrected chi connectivity index (χ1v) is 10.8. The lowest BCUT2D eigenvalue weighted by Crippen LogP contribution is -2.27. The van der Waals surface area contributed by atoms with E-state index in [1.165, 1.54) is 11.8 Å². The first-order valence-electron chi connectivity index (χ1n) is 8.00. The summed E-state index contributed by atoms with van der Waals surface area (Å²) < 4.78 is 7.43. The highest BCUT2D eigenvalue weighted by Crippen LogP contribution is 2.35. The number of nitrogens with zero attached hydrogens (tertiary/aromatic N) is 1. The monoisotopic (exact) mass is 501 g/mol. The zero-order chi connectivity index (χ0) is 19.6. The van der Waals surface area contributed by atoms with Gasteiger partial charge in [0.15, 0.2) is 0 Å². The number of amides is 1. The van der Waals surface area contributed by atoms with E-state index in [-0.39, 0.29) is 5.91 Å². The van der Waals surface area contributed by atoms with Crippen LogP contribution in [-0.4, -0.2) is 21.7 Å². The van der Waals surface area contributed by atoms with Gasteiger partial charge in [0.05, 0.1) is 15.0 Å². The maximum atomic E-state index is 12.5. The van der Waals surface area contributed by atoms with Crippen LogP contribution in [0.2, 0.25) is 10.0 Å². The third-order valence-electron chi connectivity index (χ3n) is 3.83. The number of thioether (sulfide) groups is 1. The summed E-state index contributed by atoms with van der Waals surface area (Å²) in [6.07, 6.45) is 1.81. The fraction of sp³-hybridized carbons (Fsp3) is 0.158. The van der Waals surface area contributed by atoms with E-state index in [0.717, 1.165) is 15.6 Å². The summed E-state index contributed by atoms with van der Waals surface area (Å²) in [6.45, 7) is 2.79. The number of hydrogen-bond donors (Lipinski definition) is 0. The van der Waals surface area contributed by atoms with Crippen molar-refractivity contribution in [3.8, 4) is 5.75 Å². The molecule has 1 amide bonds. The maximum Gasteiger partial charge on any atom is 0.266 e. The van der Waals surface area contributed by atoms with Crippen LogP contribution in [0.1, 0.15) is 18.1 Å². The number of rotatable bonds is 5. The van der Waals surface area contributed by atoms with Crippen molar-refractivity contribution < 1.29 is 9.53 Å². The molecule has 1 saturated heterocycles. The van der Waals surface area contributed by atoms with Crippen LogP contribution in [0.3, 0.4) is 0 Å². The predicted octanol–water partition coefficient (Wildman–Crippen LogP) is 6.56. The van der Waals surface area contributed by atoms with Crippen LogP contribution in [0, 0.1) is 0 Å². The van der Waals surface area contributed by atoms with Gasteiger partial charge in [-0.2, -0.15) is 0 Å². The Hall–Kier alpha value is -1.05. The number of carbonyl (C=O) groups excluding carboxylic acids is 1. The first-order chi connectivity index (χ1) is 12.9. The highest BCUT2D eigenvalue weighted by atomic mass is 79.9. The fourth-order valence-electron chi connectivity index (χ4n) is 2.47. The van der Waals surface area contributed by atoms with Gasteiger partial charge < -0.3 is 4.74 Å². The van der Waals surface area contributed by atoms with Crippen LogP contribution in [0.15, 0.2) is 45.8 Å². The summed E-state index contributed by atoms with van der Waals surface area (Å²) >= 11 is 22.0. The van der Waals surface area contributed by atoms with Crippen molar-refractivity contribution in [2.75, 3.05) is 6.54 Å². The molecule has 3 rings (SSSR count). The Morgan fingerprint density at radius 3 is 2.67 bits per heavy atom. The topological polar surface area (TPSA) is 29.5 Å². The van der Waals surface area contributed by atoms with Gasteiger partial charge in [-0.15, -0.1) is 0 Å². The van der Waals surface area contributed by atoms with Crippen LogP contribution in [0.25, 0.3) is 6.08 Å². The molecule has 1 fully saturated rings. The molecule has 0 spiro atoms. The Morgan fingerprint density at radius 1 is 1.22 bits per heavy atom. The van der Waals surface area contributed by atoms with Crippen molar-refractivity contribution >= 4 is 79.4 Å². The van der Waals surface area contributed by atoms with Crippen LogP contribution < -0.4 is 4.74 Å². The number of carbonyl (C=O) groups is 1. The van der Waals surface area contributed by atoms with E-state index in [2.05, 4.69) is 15.9 Å². The van der Waals surface area contributed by atoms with E-state index in [4.69, 9.17) is 40.2 Å². The predicted molar refractivity (Wildman–Crippen MR) is 120 cm³/mol. The van der Waals surface area contributed by atoms with Gasteiger partial charge in [-0.05, 0) is 48.9 Å². The van der Waals surface area contributed by atoms with Crippen LogP contribution in [0.5, 0.6) is 5.75 Å². The molecule has 0 atom stereocenters. The van der Waals surface area contributed by atoms with E-state index >= 15 is 0 Å². The Labute approximate surface area is 185 Å². The molecule has 3 nitrogen and oxygen atoms in total. The molecule has 0 radical (unpaired) electrons. The van der Waals surface area contributed by atoms with Crippen molar-refractivity contribution in [3.05, 3.63) is 66.9 Å². The molecule has 1 aliphatic heterocycles. The minimum absolute atomic E-state index is 0.0806. The molecule has 2 aromatic carbocycles. The van der Waals surface area contributed by atoms with Crippen LogP contribution in [-0.2, 0) is 11.4 Å². The Morgan fingerprint density at radius 2 is 2.00 bits per heavy atom. The quantitative estimate of drug-likeness (QED) is 0.342. The maximum absolute atomic E-state index is 12.5. The SMILES string of the molecule is CCN1C(=O)/C(=C/c2cc(Br)ccc2OCc2ccc(Cl)c(Cl)c2)SC1=S.